The van der Waals surface area contributed by atoms with E-state index >= 15 is 0 Å². The molecule has 1 radical (unpaired) electrons. The number of benzene rings is 2. The van der Waals surface area contributed by atoms with Crippen LogP contribution in [0.3, 0.4) is 0 Å². The third-order valence-corrected chi connectivity index (χ3v) is 3.06. The second-order valence-electron chi connectivity index (χ2n) is 4.45. The first-order valence-corrected chi connectivity index (χ1v) is 6.36. The fourth-order valence-corrected chi connectivity index (χ4v) is 2.02. The van der Waals surface area contributed by atoms with Crippen LogP contribution in [0, 0.1) is 6.07 Å². The van der Waals surface area contributed by atoms with Gasteiger partial charge in [-0.15, -0.1) is 0 Å². The predicted octanol–water partition coefficient (Wildman–Crippen LogP) is 3.33. The van der Waals surface area contributed by atoms with Gasteiger partial charge in [-0.1, -0.05) is 48.5 Å². The highest BCUT2D eigenvalue weighted by molar-refractivity contribution is 5.77. The number of H-pyrrole nitrogens is 1. The minimum Gasteiger partial charge on any atom is -0.396 e. The monoisotopic (exact) mass is 260 g/mol. The summed E-state index contributed by atoms with van der Waals surface area (Å²) < 4.78 is 0. The lowest BCUT2D eigenvalue weighted by molar-refractivity contribution is 1.22. The number of rotatable bonds is 3. The van der Waals surface area contributed by atoms with Crippen LogP contribution in [0.5, 0.6) is 0 Å². The molecule has 3 nitrogen and oxygen atoms in total. The number of aromatic amines is 1. The molecule has 0 saturated carbocycles. The number of nitrogens with one attached hydrogen (secondary N) is 1. The average molecular weight is 260 g/mol. The first kappa shape index (κ1) is 12.2. The van der Waals surface area contributed by atoms with Crippen molar-refractivity contribution in [3.63, 3.8) is 0 Å². The summed E-state index contributed by atoms with van der Waals surface area (Å²) in [6, 6.07) is 19.2. The molecule has 3 heteroatoms. The van der Waals surface area contributed by atoms with E-state index in [1.807, 2.05) is 42.5 Å². The lowest BCUT2D eigenvalue weighted by Crippen LogP contribution is -1.97. The van der Waals surface area contributed by atoms with E-state index in [-0.39, 0.29) is 0 Å². The minimum absolute atomic E-state index is 0.622. The van der Waals surface area contributed by atoms with Crippen molar-refractivity contribution in [3.8, 4) is 11.1 Å². The minimum atomic E-state index is 0.622. The first-order chi connectivity index (χ1) is 9.83. The molecule has 0 unspecified atom stereocenters. The highest BCUT2D eigenvalue weighted by Crippen LogP contribution is 2.20. The zero-order chi connectivity index (χ0) is 13.8. The van der Waals surface area contributed by atoms with Crippen molar-refractivity contribution in [2.45, 2.75) is 0 Å². The van der Waals surface area contributed by atoms with Gasteiger partial charge in [0.25, 0.3) is 0 Å². The fourth-order valence-electron chi connectivity index (χ4n) is 2.02. The van der Waals surface area contributed by atoms with Gasteiger partial charge >= 0.3 is 0 Å². The van der Waals surface area contributed by atoms with E-state index in [0.717, 1.165) is 5.56 Å². The summed E-state index contributed by atoms with van der Waals surface area (Å²) in [6.07, 6.45) is 5.35. The molecule has 0 spiro atoms. The molecule has 0 aliphatic carbocycles. The average Bonchev–Trinajstić information content (AvgIpc) is 3.03. The normalized spacial score (nSPS) is 11.5. The van der Waals surface area contributed by atoms with Crippen LogP contribution in [0.2, 0.25) is 0 Å². The fraction of sp³-hybridized carbons (Fsp3) is 0. The van der Waals surface area contributed by atoms with E-state index in [1.54, 1.807) is 12.4 Å². The van der Waals surface area contributed by atoms with Gasteiger partial charge in [0.1, 0.15) is 0 Å². The van der Waals surface area contributed by atoms with Gasteiger partial charge in [-0.25, -0.2) is 4.98 Å². The molecular formula is C17H14N3. The number of imidazole rings is 1. The van der Waals surface area contributed by atoms with Gasteiger partial charge in [0, 0.05) is 12.4 Å². The number of hydrogen-bond donors (Lipinski definition) is 2. The van der Waals surface area contributed by atoms with Crippen LogP contribution in [0.15, 0.2) is 60.9 Å². The first-order valence-electron chi connectivity index (χ1n) is 6.36. The molecule has 0 fully saturated rings. The Bertz CT molecular complexity index is 696. The molecular weight excluding hydrogens is 246 g/mol. The summed E-state index contributed by atoms with van der Waals surface area (Å²) in [7, 11) is 0. The quantitative estimate of drug-likeness (QED) is 0.759. The maximum atomic E-state index is 5.98. The zero-order valence-corrected chi connectivity index (χ0v) is 10.9. The van der Waals surface area contributed by atoms with Crippen molar-refractivity contribution >= 4 is 11.8 Å². The Hall–Kier alpha value is -2.81. The van der Waals surface area contributed by atoms with Gasteiger partial charge < -0.3 is 10.7 Å². The summed E-state index contributed by atoms with van der Waals surface area (Å²) in [5.41, 5.74) is 10.0. The number of nitrogens with two attached hydrogens (primary N) is 1. The van der Waals surface area contributed by atoms with E-state index < -0.39 is 0 Å². The summed E-state index contributed by atoms with van der Waals surface area (Å²) >= 11 is 0. The van der Waals surface area contributed by atoms with E-state index in [2.05, 4.69) is 28.2 Å². The predicted molar refractivity (Wildman–Crippen MR) is 81.4 cm³/mol. The summed E-state index contributed by atoms with van der Waals surface area (Å²) in [5.74, 6) is 0.688. The summed E-state index contributed by atoms with van der Waals surface area (Å²) in [4.78, 5) is 7.11. The van der Waals surface area contributed by atoms with Crippen LogP contribution >= 0.6 is 0 Å². The molecule has 1 heterocycles. The number of hydrogen-bond acceptors (Lipinski definition) is 2. The second-order valence-corrected chi connectivity index (χ2v) is 4.45. The molecule has 97 valence electrons. The molecule has 1 aromatic heterocycles. The summed E-state index contributed by atoms with van der Waals surface area (Å²) in [5, 5.41) is 0. The molecule has 0 bridgehead atoms. The van der Waals surface area contributed by atoms with Gasteiger partial charge in [0.2, 0.25) is 0 Å². The largest absolute Gasteiger partial charge is 0.396 e. The Balaban J connectivity index is 1.85. The van der Waals surface area contributed by atoms with Crippen LogP contribution in [0.25, 0.3) is 22.9 Å². The Kier molecular flexibility index (Phi) is 3.33. The lowest BCUT2D eigenvalue weighted by Gasteiger charge is -2.02. The van der Waals surface area contributed by atoms with Gasteiger partial charge in [-0.2, -0.15) is 0 Å². The van der Waals surface area contributed by atoms with Gasteiger partial charge in [0.05, 0.1) is 5.70 Å². The highest BCUT2D eigenvalue weighted by atomic mass is 14.9. The molecule has 3 aromatic rings. The maximum absolute atomic E-state index is 5.98. The van der Waals surface area contributed by atoms with Crippen molar-refractivity contribution in [1.82, 2.24) is 9.97 Å². The Morgan fingerprint density at radius 1 is 1.05 bits per heavy atom. The lowest BCUT2D eigenvalue weighted by atomic mass is 10.0. The van der Waals surface area contributed by atoms with Crippen molar-refractivity contribution in [3.05, 3.63) is 78.4 Å². The summed E-state index contributed by atoms with van der Waals surface area (Å²) in [6.45, 7) is 0. The smallest absolute Gasteiger partial charge is 0.153 e. The van der Waals surface area contributed by atoms with Crippen LogP contribution < -0.4 is 5.73 Å². The Morgan fingerprint density at radius 2 is 1.75 bits per heavy atom. The van der Waals surface area contributed by atoms with Crippen molar-refractivity contribution < 1.29 is 0 Å². The molecule has 0 atom stereocenters. The van der Waals surface area contributed by atoms with Crippen LogP contribution in [0.1, 0.15) is 11.4 Å². The van der Waals surface area contributed by atoms with Gasteiger partial charge in [-0.05, 0) is 28.8 Å². The van der Waals surface area contributed by atoms with Gasteiger partial charge in [0.15, 0.2) is 5.82 Å². The highest BCUT2D eigenvalue weighted by Gasteiger charge is 2.00. The maximum Gasteiger partial charge on any atom is 0.153 e. The van der Waals surface area contributed by atoms with E-state index in [4.69, 9.17) is 5.73 Å². The standard InChI is InChI=1S/C17H14N3/c18-16(17-19-10-11-20-17)12-13-6-8-15(9-7-13)14-4-2-1-3-5-14/h2-12H,18H2,(H,19,20). The molecule has 20 heavy (non-hydrogen) atoms. The van der Waals surface area contributed by atoms with Gasteiger partial charge in [-0.3, -0.25) is 0 Å². The van der Waals surface area contributed by atoms with Crippen LogP contribution in [-0.4, -0.2) is 9.97 Å². The van der Waals surface area contributed by atoms with Crippen molar-refractivity contribution in [2.24, 2.45) is 5.73 Å². The molecule has 3 rings (SSSR count). The third kappa shape index (κ3) is 2.62. The Morgan fingerprint density at radius 3 is 2.40 bits per heavy atom. The zero-order valence-electron chi connectivity index (χ0n) is 10.9. The molecule has 2 aromatic carbocycles. The van der Waals surface area contributed by atoms with Crippen LogP contribution in [-0.2, 0) is 0 Å². The number of nitrogens with zero attached hydrogens (tertiary/aromatic N) is 1. The molecule has 0 amide bonds. The third-order valence-electron chi connectivity index (χ3n) is 3.06. The van der Waals surface area contributed by atoms with Crippen molar-refractivity contribution in [2.75, 3.05) is 0 Å². The van der Waals surface area contributed by atoms with Crippen LogP contribution in [0.4, 0.5) is 0 Å². The topological polar surface area (TPSA) is 54.7 Å². The Labute approximate surface area is 117 Å². The molecule has 0 saturated heterocycles. The molecule has 3 N–H and O–H groups in total. The molecule has 0 aliphatic rings. The van der Waals surface area contributed by atoms with Crippen molar-refractivity contribution in [1.29, 1.82) is 0 Å². The molecule has 0 aliphatic heterocycles. The van der Waals surface area contributed by atoms with E-state index in [0.29, 0.717) is 11.5 Å². The number of aromatic nitrogens is 2. The second kappa shape index (κ2) is 5.45. The SMILES string of the molecule is NC(=Cc1ccc(-c2cc[c]cc2)cc1)c1ncc[nH]1. The van der Waals surface area contributed by atoms with E-state index in [1.165, 1.54) is 11.1 Å². The van der Waals surface area contributed by atoms with E-state index in [9.17, 15) is 0 Å².